The van der Waals surface area contributed by atoms with Gasteiger partial charge in [0.05, 0.1) is 36.3 Å². The lowest BCUT2D eigenvalue weighted by atomic mass is 10.1. The van der Waals surface area contributed by atoms with Gasteiger partial charge in [-0.05, 0) is 41.6 Å². The molecule has 0 bridgehead atoms. The SMILES string of the molecule is COc1cc(-c2c(I)c(C)nn2C(C)=O)cc(OC)c1OC. The third kappa shape index (κ3) is 2.77. The van der Waals surface area contributed by atoms with Crippen molar-refractivity contribution in [1.29, 1.82) is 0 Å². The third-order valence-corrected chi connectivity index (χ3v) is 4.52. The van der Waals surface area contributed by atoms with Gasteiger partial charge in [0.2, 0.25) is 11.7 Å². The van der Waals surface area contributed by atoms with Gasteiger partial charge in [-0.3, -0.25) is 4.79 Å². The largest absolute Gasteiger partial charge is 0.493 e. The molecule has 0 aliphatic carbocycles. The summed E-state index contributed by atoms with van der Waals surface area (Å²) in [5.41, 5.74) is 2.28. The van der Waals surface area contributed by atoms with Gasteiger partial charge in [-0.1, -0.05) is 0 Å². The van der Waals surface area contributed by atoms with E-state index >= 15 is 0 Å². The van der Waals surface area contributed by atoms with E-state index in [1.165, 1.54) is 11.6 Å². The Bertz CT molecular complexity index is 700. The molecule has 6 nitrogen and oxygen atoms in total. The predicted octanol–water partition coefficient (Wildman–Crippen LogP) is 3.15. The fourth-order valence-corrected chi connectivity index (χ4v) is 2.85. The van der Waals surface area contributed by atoms with Crippen molar-refractivity contribution >= 4 is 28.5 Å². The first-order valence-electron chi connectivity index (χ1n) is 6.51. The topological polar surface area (TPSA) is 62.6 Å². The molecule has 0 unspecified atom stereocenters. The molecular weight excluding hydrogens is 399 g/mol. The van der Waals surface area contributed by atoms with E-state index in [2.05, 4.69) is 27.7 Å². The summed E-state index contributed by atoms with van der Waals surface area (Å²) in [4.78, 5) is 11.8. The molecule has 0 radical (unpaired) electrons. The monoisotopic (exact) mass is 416 g/mol. The van der Waals surface area contributed by atoms with Gasteiger partial charge in [-0.25, -0.2) is 0 Å². The molecule has 0 amide bonds. The second kappa shape index (κ2) is 6.55. The standard InChI is InChI=1S/C15H17IN2O4/c1-8-13(16)14(18(17-8)9(2)19)10-6-11(20-3)15(22-5)12(7-10)21-4/h6-7H,1-5H3. The van der Waals surface area contributed by atoms with E-state index in [9.17, 15) is 4.79 Å². The van der Waals surface area contributed by atoms with Crippen LogP contribution in [0.2, 0.25) is 0 Å². The normalized spacial score (nSPS) is 10.5. The minimum absolute atomic E-state index is 0.158. The fourth-order valence-electron chi connectivity index (χ4n) is 2.20. The molecule has 0 aliphatic rings. The zero-order valence-corrected chi connectivity index (χ0v) is 15.2. The van der Waals surface area contributed by atoms with E-state index in [4.69, 9.17) is 14.2 Å². The first-order valence-corrected chi connectivity index (χ1v) is 7.58. The number of hydrogen-bond acceptors (Lipinski definition) is 5. The lowest BCUT2D eigenvalue weighted by Crippen LogP contribution is -2.09. The van der Waals surface area contributed by atoms with Crippen LogP contribution < -0.4 is 14.2 Å². The van der Waals surface area contributed by atoms with Crippen LogP contribution in [0.4, 0.5) is 0 Å². The highest BCUT2D eigenvalue weighted by Crippen LogP contribution is 2.42. The van der Waals surface area contributed by atoms with Gasteiger partial charge in [-0.2, -0.15) is 9.78 Å². The molecular formula is C15H17IN2O4. The number of aromatic nitrogens is 2. The average molecular weight is 416 g/mol. The number of benzene rings is 1. The molecule has 0 fully saturated rings. The van der Waals surface area contributed by atoms with Crippen LogP contribution in [0.25, 0.3) is 11.3 Å². The van der Waals surface area contributed by atoms with E-state index < -0.39 is 0 Å². The number of hydrogen-bond donors (Lipinski definition) is 0. The Morgan fingerprint density at radius 2 is 1.68 bits per heavy atom. The molecule has 1 heterocycles. The van der Waals surface area contributed by atoms with Crippen LogP contribution in [-0.4, -0.2) is 37.0 Å². The molecule has 1 aromatic carbocycles. The highest BCUT2D eigenvalue weighted by molar-refractivity contribution is 14.1. The molecule has 22 heavy (non-hydrogen) atoms. The first kappa shape index (κ1) is 16.6. The number of nitrogens with zero attached hydrogens (tertiary/aromatic N) is 2. The summed E-state index contributed by atoms with van der Waals surface area (Å²) in [5.74, 6) is 1.41. The molecule has 2 aromatic rings. The van der Waals surface area contributed by atoms with Crippen molar-refractivity contribution in [3.63, 3.8) is 0 Å². The average Bonchev–Trinajstić information content (AvgIpc) is 2.81. The Kier molecular flexibility index (Phi) is 4.94. The molecule has 7 heteroatoms. The van der Waals surface area contributed by atoms with Crippen LogP contribution in [0.1, 0.15) is 17.4 Å². The molecule has 0 spiro atoms. The van der Waals surface area contributed by atoms with Crippen molar-refractivity contribution in [2.24, 2.45) is 0 Å². The maximum absolute atomic E-state index is 11.8. The lowest BCUT2D eigenvalue weighted by Gasteiger charge is -2.14. The zero-order valence-electron chi connectivity index (χ0n) is 13.1. The minimum atomic E-state index is -0.158. The van der Waals surface area contributed by atoms with Gasteiger partial charge in [-0.15, -0.1) is 0 Å². The Morgan fingerprint density at radius 3 is 2.09 bits per heavy atom. The number of rotatable bonds is 4. The molecule has 0 saturated carbocycles. The van der Waals surface area contributed by atoms with E-state index in [-0.39, 0.29) is 5.91 Å². The maximum atomic E-state index is 11.8. The molecule has 0 atom stereocenters. The van der Waals surface area contributed by atoms with Crippen molar-refractivity contribution in [3.8, 4) is 28.5 Å². The summed E-state index contributed by atoms with van der Waals surface area (Å²) in [6.45, 7) is 3.34. The fraction of sp³-hybridized carbons (Fsp3) is 0.333. The van der Waals surface area contributed by atoms with Crippen LogP contribution in [-0.2, 0) is 0 Å². The lowest BCUT2D eigenvalue weighted by molar-refractivity contribution is 0.0923. The summed E-state index contributed by atoms with van der Waals surface area (Å²) in [6.07, 6.45) is 0. The van der Waals surface area contributed by atoms with Gasteiger partial charge < -0.3 is 14.2 Å². The van der Waals surface area contributed by atoms with Gasteiger partial charge in [0.1, 0.15) is 0 Å². The van der Waals surface area contributed by atoms with Crippen LogP contribution in [0.15, 0.2) is 12.1 Å². The van der Waals surface area contributed by atoms with Gasteiger partial charge >= 0.3 is 0 Å². The number of halogens is 1. The quantitative estimate of drug-likeness (QED) is 0.717. The van der Waals surface area contributed by atoms with E-state index in [1.54, 1.807) is 33.5 Å². The molecule has 0 saturated heterocycles. The zero-order chi connectivity index (χ0) is 16.4. The summed E-state index contributed by atoms with van der Waals surface area (Å²) >= 11 is 2.18. The van der Waals surface area contributed by atoms with Crippen molar-refractivity contribution < 1.29 is 19.0 Å². The van der Waals surface area contributed by atoms with Crippen LogP contribution in [0, 0.1) is 10.5 Å². The van der Waals surface area contributed by atoms with Crippen molar-refractivity contribution in [2.75, 3.05) is 21.3 Å². The number of carbonyl (C=O) groups is 1. The van der Waals surface area contributed by atoms with Crippen LogP contribution >= 0.6 is 22.6 Å². The molecule has 2 rings (SSSR count). The highest BCUT2D eigenvalue weighted by atomic mass is 127. The number of ether oxygens (including phenoxy) is 3. The second-order valence-electron chi connectivity index (χ2n) is 4.59. The van der Waals surface area contributed by atoms with Crippen molar-refractivity contribution in [1.82, 2.24) is 9.78 Å². The van der Waals surface area contributed by atoms with E-state index in [0.717, 1.165) is 14.8 Å². The number of aryl methyl sites for hydroxylation is 1. The third-order valence-electron chi connectivity index (χ3n) is 3.22. The summed E-state index contributed by atoms with van der Waals surface area (Å²) < 4.78 is 18.3. The molecule has 118 valence electrons. The number of carbonyl (C=O) groups excluding carboxylic acids is 1. The van der Waals surface area contributed by atoms with E-state index in [1.807, 2.05) is 6.92 Å². The van der Waals surface area contributed by atoms with Gasteiger partial charge in [0.15, 0.2) is 11.5 Å². The Balaban J connectivity index is 2.76. The van der Waals surface area contributed by atoms with Crippen LogP contribution in [0.5, 0.6) is 17.2 Å². The molecule has 0 aliphatic heterocycles. The number of methoxy groups -OCH3 is 3. The van der Waals surface area contributed by atoms with Crippen LogP contribution in [0.3, 0.4) is 0 Å². The second-order valence-corrected chi connectivity index (χ2v) is 5.67. The Hall–Kier alpha value is -1.77. The Morgan fingerprint density at radius 1 is 1.14 bits per heavy atom. The van der Waals surface area contributed by atoms with Crippen molar-refractivity contribution in [2.45, 2.75) is 13.8 Å². The summed E-state index contributed by atoms with van der Waals surface area (Å²) in [7, 11) is 4.66. The van der Waals surface area contributed by atoms with Gasteiger partial charge in [0, 0.05) is 12.5 Å². The summed E-state index contributed by atoms with van der Waals surface area (Å²) in [6, 6.07) is 3.61. The molecule has 0 N–H and O–H groups in total. The Labute approximate surface area is 142 Å². The minimum Gasteiger partial charge on any atom is -0.493 e. The van der Waals surface area contributed by atoms with Gasteiger partial charge in [0.25, 0.3) is 0 Å². The predicted molar refractivity (Wildman–Crippen MR) is 91.1 cm³/mol. The van der Waals surface area contributed by atoms with E-state index in [0.29, 0.717) is 22.9 Å². The summed E-state index contributed by atoms with van der Waals surface area (Å²) in [5, 5.41) is 4.29. The maximum Gasteiger partial charge on any atom is 0.244 e. The van der Waals surface area contributed by atoms with Crippen molar-refractivity contribution in [3.05, 3.63) is 21.4 Å². The molecule has 1 aromatic heterocycles. The highest BCUT2D eigenvalue weighted by Gasteiger charge is 2.21. The smallest absolute Gasteiger partial charge is 0.244 e. The first-order chi connectivity index (χ1) is 10.4.